The molecule has 0 aliphatic carbocycles. The molecular weight excluding hydrogens is 405 g/mol. The molecule has 0 spiro atoms. The number of H-pyrrole nitrogens is 1. The van der Waals surface area contributed by atoms with Crippen molar-refractivity contribution >= 4 is 46.6 Å². The summed E-state index contributed by atoms with van der Waals surface area (Å²) in [6.45, 7) is 0. The van der Waals surface area contributed by atoms with Crippen molar-refractivity contribution in [3.63, 3.8) is 0 Å². The molecule has 0 radical (unpaired) electrons. The molecule has 0 aliphatic rings. The van der Waals surface area contributed by atoms with Crippen molar-refractivity contribution in [1.82, 2.24) is 20.8 Å². The highest BCUT2D eigenvalue weighted by molar-refractivity contribution is 6.31. The summed E-state index contributed by atoms with van der Waals surface area (Å²) in [5.41, 5.74) is 5.01. The molecular formula is C18H13Cl2N5O3. The highest BCUT2D eigenvalue weighted by Crippen LogP contribution is 2.15. The second-order valence-corrected chi connectivity index (χ2v) is 6.38. The predicted molar refractivity (Wildman–Crippen MR) is 104 cm³/mol. The quantitative estimate of drug-likeness (QED) is 0.488. The third-order valence-corrected chi connectivity index (χ3v) is 4.08. The number of aromatic amines is 1. The minimum absolute atomic E-state index is 0.0619. The molecule has 3 rings (SSSR count). The van der Waals surface area contributed by atoms with Gasteiger partial charge in [-0.05, 0) is 48.5 Å². The summed E-state index contributed by atoms with van der Waals surface area (Å²) in [5.74, 6) is -1.88. The van der Waals surface area contributed by atoms with Crippen LogP contribution in [0.5, 0.6) is 0 Å². The van der Waals surface area contributed by atoms with Crippen molar-refractivity contribution in [2.45, 2.75) is 0 Å². The fourth-order valence-corrected chi connectivity index (χ4v) is 2.46. The fraction of sp³-hybridized carbons (Fsp3) is 0. The predicted octanol–water partition coefficient (Wildman–Crippen LogP) is 3.04. The number of halogens is 2. The van der Waals surface area contributed by atoms with Gasteiger partial charge in [0.25, 0.3) is 17.7 Å². The van der Waals surface area contributed by atoms with Crippen LogP contribution in [0.25, 0.3) is 0 Å². The van der Waals surface area contributed by atoms with E-state index < -0.39 is 17.7 Å². The van der Waals surface area contributed by atoms with E-state index >= 15 is 0 Å². The van der Waals surface area contributed by atoms with Gasteiger partial charge in [0, 0.05) is 21.3 Å². The van der Waals surface area contributed by atoms with E-state index in [4.69, 9.17) is 23.2 Å². The number of anilines is 1. The average Bonchev–Trinajstić information content (AvgIpc) is 3.18. The monoisotopic (exact) mass is 417 g/mol. The average molecular weight is 418 g/mol. The Kier molecular flexibility index (Phi) is 5.93. The number of carbonyl (C=O) groups excluding carboxylic acids is 3. The first-order valence-electron chi connectivity index (χ1n) is 7.90. The van der Waals surface area contributed by atoms with Crippen LogP contribution in [-0.2, 0) is 0 Å². The van der Waals surface area contributed by atoms with Gasteiger partial charge in [-0.3, -0.25) is 25.2 Å². The molecule has 0 bridgehead atoms. The Bertz CT molecular complexity index is 1020. The summed E-state index contributed by atoms with van der Waals surface area (Å²) in [4.78, 5) is 43.1. The number of hydrogen-bond donors (Lipinski definition) is 4. The van der Waals surface area contributed by atoms with E-state index in [-0.39, 0.29) is 11.4 Å². The van der Waals surface area contributed by atoms with Crippen LogP contribution < -0.4 is 16.2 Å². The number of rotatable bonds is 4. The van der Waals surface area contributed by atoms with Crippen LogP contribution in [0.2, 0.25) is 10.0 Å². The van der Waals surface area contributed by atoms with Gasteiger partial charge in [-0.15, -0.1) is 0 Å². The number of nitrogens with zero attached hydrogens (tertiary/aromatic N) is 1. The highest BCUT2D eigenvalue weighted by atomic mass is 35.5. The summed E-state index contributed by atoms with van der Waals surface area (Å²) in [6.07, 6.45) is 1.20. The van der Waals surface area contributed by atoms with E-state index in [9.17, 15) is 14.4 Å². The Morgan fingerprint density at radius 3 is 2.00 bits per heavy atom. The zero-order chi connectivity index (χ0) is 20.1. The van der Waals surface area contributed by atoms with Crippen LogP contribution in [0.1, 0.15) is 31.3 Å². The van der Waals surface area contributed by atoms with Crippen LogP contribution in [0.3, 0.4) is 0 Å². The van der Waals surface area contributed by atoms with Gasteiger partial charge in [0.1, 0.15) is 5.69 Å². The van der Waals surface area contributed by atoms with Crippen molar-refractivity contribution < 1.29 is 14.4 Å². The molecule has 0 saturated heterocycles. The molecule has 4 N–H and O–H groups in total. The molecule has 28 heavy (non-hydrogen) atoms. The molecule has 8 nitrogen and oxygen atoms in total. The highest BCUT2D eigenvalue weighted by Gasteiger charge is 2.21. The molecule has 0 fully saturated rings. The van der Waals surface area contributed by atoms with E-state index in [1.807, 2.05) is 0 Å². The van der Waals surface area contributed by atoms with Crippen LogP contribution >= 0.6 is 23.2 Å². The molecule has 2 aromatic carbocycles. The number of carbonyl (C=O) groups is 3. The van der Waals surface area contributed by atoms with Gasteiger partial charge in [-0.2, -0.15) is 0 Å². The minimum Gasteiger partial charge on any atom is -0.340 e. The van der Waals surface area contributed by atoms with Gasteiger partial charge < -0.3 is 10.3 Å². The summed E-state index contributed by atoms with van der Waals surface area (Å²) in [5, 5.41) is 3.62. The summed E-state index contributed by atoms with van der Waals surface area (Å²) in [6, 6.07) is 12.6. The molecule has 0 aliphatic heterocycles. The standard InChI is InChI=1S/C18H13Cl2N5O3/c19-11-3-1-10(2-4-11)16(26)24-25-18(28)15-14(21-9-22-15)17(27)23-13-7-5-12(20)6-8-13/h1-9H,(H,21,22)(H,23,27)(H,24,26)(H,25,28). The van der Waals surface area contributed by atoms with E-state index in [1.165, 1.54) is 18.5 Å². The lowest BCUT2D eigenvalue weighted by molar-refractivity contribution is 0.0842. The number of imidazole rings is 1. The van der Waals surface area contributed by atoms with Crippen LogP contribution in [-0.4, -0.2) is 27.7 Å². The second-order valence-electron chi connectivity index (χ2n) is 5.50. The van der Waals surface area contributed by atoms with Crippen LogP contribution in [0.4, 0.5) is 5.69 Å². The summed E-state index contributed by atoms with van der Waals surface area (Å²) in [7, 11) is 0. The Labute approximate surface area is 169 Å². The molecule has 3 aromatic rings. The first-order chi connectivity index (χ1) is 13.4. The first kappa shape index (κ1) is 19.4. The second kappa shape index (κ2) is 8.55. The maximum atomic E-state index is 12.4. The van der Waals surface area contributed by atoms with E-state index in [0.29, 0.717) is 21.3 Å². The van der Waals surface area contributed by atoms with Gasteiger partial charge in [-0.1, -0.05) is 23.2 Å². The Balaban J connectivity index is 1.64. The number of hydrazine groups is 1. The van der Waals surface area contributed by atoms with E-state index in [0.717, 1.165) is 0 Å². The fourth-order valence-electron chi connectivity index (χ4n) is 2.21. The molecule has 0 unspecified atom stereocenters. The maximum Gasteiger partial charge on any atom is 0.290 e. The number of aromatic nitrogens is 2. The summed E-state index contributed by atoms with van der Waals surface area (Å²) < 4.78 is 0. The van der Waals surface area contributed by atoms with Crippen molar-refractivity contribution in [2.24, 2.45) is 0 Å². The van der Waals surface area contributed by atoms with Gasteiger partial charge in [-0.25, -0.2) is 4.98 Å². The molecule has 142 valence electrons. The normalized spacial score (nSPS) is 10.2. The van der Waals surface area contributed by atoms with Crippen molar-refractivity contribution in [2.75, 3.05) is 5.32 Å². The van der Waals surface area contributed by atoms with Gasteiger partial charge in [0.2, 0.25) is 0 Å². The van der Waals surface area contributed by atoms with Gasteiger partial charge in [0.05, 0.1) is 6.33 Å². The molecule has 10 heteroatoms. The van der Waals surface area contributed by atoms with Crippen LogP contribution in [0.15, 0.2) is 54.9 Å². The zero-order valence-corrected chi connectivity index (χ0v) is 15.6. The topological polar surface area (TPSA) is 116 Å². The Hall–Kier alpha value is -3.36. The first-order valence-corrected chi connectivity index (χ1v) is 8.66. The largest absolute Gasteiger partial charge is 0.340 e. The number of benzene rings is 2. The van der Waals surface area contributed by atoms with Crippen molar-refractivity contribution in [3.05, 3.63) is 81.9 Å². The van der Waals surface area contributed by atoms with Crippen molar-refractivity contribution in [1.29, 1.82) is 0 Å². The SMILES string of the molecule is O=C(NNC(=O)c1nc[nH]c1C(=O)Nc1ccc(Cl)cc1)c1ccc(Cl)cc1. The number of nitrogens with one attached hydrogen (secondary N) is 4. The lowest BCUT2D eigenvalue weighted by Crippen LogP contribution is -2.42. The van der Waals surface area contributed by atoms with E-state index in [2.05, 4.69) is 26.1 Å². The van der Waals surface area contributed by atoms with Gasteiger partial charge in [0.15, 0.2) is 5.69 Å². The van der Waals surface area contributed by atoms with Crippen LogP contribution in [0, 0.1) is 0 Å². The number of amides is 3. The third-order valence-electron chi connectivity index (χ3n) is 3.58. The lowest BCUT2D eigenvalue weighted by Gasteiger charge is -2.08. The third kappa shape index (κ3) is 4.67. The molecule has 3 amide bonds. The molecule has 1 aromatic heterocycles. The van der Waals surface area contributed by atoms with E-state index in [1.54, 1.807) is 36.4 Å². The Morgan fingerprint density at radius 1 is 0.786 bits per heavy atom. The maximum absolute atomic E-state index is 12.4. The molecule has 0 atom stereocenters. The smallest absolute Gasteiger partial charge is 0.290 e. The lowest BCUT2D eigenvalue weighted by atomic mass is 10.2. The Morgan fingerprint density at radius 2 is 1.36 bits per heavy atom. The molecule has 1 heterocycles. The molecule has 0 saturated carbocycles. The zero-order valence-electron chi connectivity index (χ0n) is 14.1. The number of hydrogen-bond acceptors (Lipinski definition) is 4. The minimum atomic E-state index is -0.759. The van der Waals surface area contributed by atoms with Crippen molar-refractivity contribution in [3.8, 4) is 0 Å². The summed E-state index contributed by atoms with van der Waals surface area (Å²) >= 11 is 11.6. The van der Waals surface area contributed by atoms with Gasteiger partial charge >= 0.3 is 0 Å².